The zero-order chi connectivity index (χ0) is 33.9. The summed E-state index contributed by atoms with van der Waals surface area (Å²) in [6, 6.07) is 21.2. The molecule has 0 atom stereocenters. The molecule has 0 heteroatoms. The molecule has 0 spiro atoms. The van der Waals surface area contributed by atoms with Crippen molar-refractivity contribution < 1.29 is 0 Å². The van der Waals surface area contributed by atoms with E-state index in [0.717, 1.165) is 44.6 Å². The first-order valence-corrected chi connectivity index (χ1v) is 15.7. The van der Waals surface area contributed by atoms with Gasteiger partial charge < -0.3 is 0 Å². The Morgan fingerprint density at radius 1 is 0.478 bits per heavy atom. The van der Waals surface area contributed by atoms with Crippen molar-refractivity contribution in [2.75, 3.05) is 0 Å². The van der Waals surface area contributed by atoms with E-state index in [1.165, 1.54) is 22.3 Å². The van der Waals surface area contributed by atoms with Gasteiger partial charge in [-0.2, -0.15) is 0 Å². The second-order valence-electron chi connectivity index (χ2n) is 11.1. The SMILES string of the molecule is C=C\C=C/C=C(C)/C(C)=C/C=C\C(=C)/C(C)=C(/C(=C(C)/C(C)=C/C=C\C(=C)C(=C)/C=C\C=C/C)c1ccccc1)c1ccccc1. The van der Waals surface area contributed by atoms with Gasteiger partial charge in [0.25, 0.3) is 0 Å². The van der Waals surface area contributed by atoms with Crippen molar-refractivity contribution >= 4 is 11.1 Å². The fraction of sp³-hybridized carbons (Fsp3) is 0.130. The minimum atomic E-state index is 0.877. The molecule has 0 saturated carbocycles. The van der Waals surface area contributed by atoms with E-state index in [0.29, 0.717) is 0 Å². The third kappa shape index (κ3) is 11.7. The van der Waals surface area contributed by atoms with E-state index in [1.54, 1.807) is 6.08 Å². The molecule has 0 unspecified atom stereocenters. The van der Waals surface area contributed by atoms with Crippen molar-refractivity contribution in [3.8, 4) is 0 Å². The Hall–Kier alpha value is -5.20. The van der Waals surface area contributed by atoms with Gasteiger partial charge in [-0.15, -0.1) is 0 Å². The molecule has 0 nitrogen and oxygen atoms in total. The van der Waals surface area contributed by atoms with Crippen LogP contribution in [0.1, 0.15) is 52.7 Å². The van der Waals surface area contributed by atoms with Gasteiger partial charge in [0.2, 0.25) is 0 Å². The molecule has 2 aromatic carbocycles. The predicted octanol–water partition coefficient (Wildman–Crippen LogP) is 13.4. The topological polar surface area (TPSA) is 0 Å². The molecule has 2 rings (SSSR count). The summed E-state index contributed by atoms with van der Waals surface area (Å²) in [7, 11) is 0. The van der Waals surface area contributed by atoms with Gasteiger partial charge in [-0.05, 0) is 108 Å². The molecule has 0 aromatic heterocycles. The molecule has 0 heterocycles. The van der Waals surface area contributed by atoms with Crippen LogP contribution in [0.3, 0.4) is 0 Å². The second kappa shape index (κ2) is 20.0. The van der Waals surface area contributed by atoms with Crippen molar-refractivity contribution in [3.05, 3.63) is 228 Å². The minimum absolute atomic E-state index is 0.877. The Morgan fingerprint density at radius 3 is 1.41 bits per heavy atom. The Balaban J connectivity index is 2.68. The second-order valence-corrected chi connectivity index (χ2v) is 11.1. The molecule has 0 saturated heterocycles. The van der Waals surface area contributed by atoms with Crippen LogP contribution in [0.5, 0.6) is 0 Å². The van der Waals surface area contributed by atoms with Gasteiger partial charge in [-0.1, -0.05) is 172 Å². The highest BCUT2D eigenvalue weighted by molar-refractivity contribution is 6.09. The monoisotopic (exact) mass is 602 g/mol. The van der Waals surface area contributed by atoms with Gasteiger partial charge in [0.1, 0.15) is 0 Å². The van der Waals surface area contributed by atoms with Crippen molar-refractivity contribution in [1.82, 2.24) is 0 Å². The largest absolute Gasteiger partial charge is 0.0991 e. The zero-order valence-corrected chi connectivity index (χ0v) is 28.7. The van der Waals surface area contributed by atoms with Crippen LogP contribution in [0, 0.1) is 0 Å². The maximum absolute atomic E-state index is 4.51. The van der Waals surface area contributed by atoms with Crippen molar-refractivity contribution in [2.45, 2.75) is 41.5 Å². The third-order valence-electron chi connectivity index (χ3n) is 7.71. The predicted molar refractivity (Wildman–Crippen MR) is 208 cm³/mol. The normalized spacial score (nSPS) is 14.4. The fourth-order valence-electron chi connectivity index (χ4n) is 4.57. The fourth-order valence-corrected chi connectivity index (χ4v) is 4.57. The quantitative estimate of drug-likeness (QED) is 0.178. The van der Waals surface area contributed by atoms with Gasteiger partial charge in [0.15, 0.2) is 0 Å². The van der Waals surface area contributed by atoms with Crippen LogP contribution < -0.4 is 0 Å². The first-order chi connectivity index (χ1) is 22.1. The average molecular weight is 603 g/mol. The summed E-state index contributed by atoms with van der Waals surface area (Å²) in [5.41, 5.74) is 13.2. The molecule has 234 valence electrons. The first-order valence-electron chi connectivity index (χ1n) is 15.7. The van der Waals surface area contributed by atoms with Crippen LogP contribution in [0.25, 0.3) is 11.1 Å². The molecular weight excluding hydrogens is 553 g/mol. The Labute approximate surface area is 279 Å². The van der Waals surface area contributed by atoms with Crippen LogP contribution in [0.15, 0.2) is 217 Å². The number of hydrogen-bond donors (Lipinski definition) is 0. The zero-order valence-electron chi connectivity index (χ0n) is 28.7. The lowest BCUT2D eigenvalue weighted by atomic mass is 9.83. The van der Waals surface area contributed by atoms with E-state index in [1.807, 2.05) is 49.5 Å². The van der Waals surface area contributed by atoms with Gasteiger partial charge >= 0.3 is 0 Å². The summed E-state index contributed by atoms with van der Waals surface area (Å²) >= 11 is 0. The molecule has 2 aromatic rings. The molecule has 46 heavy (non-hydrogen) atoms. The number of benzene rings is 2. The van der Waals surface area contributed by atoms with E-state index in [9.17, 15) is 0 Å². The summed E-state index contributed by atoms with van der Waals surface area (Å²) in [6.07, 6.45) is 28.2. The lowest BCUT2D eigenvalue weighted by Crippen LogP contribution is -1.99. The third-order valence-corrected chi connectivity index (χ3v) is 7.71. The first kappa shape index (κ1) is 37.0. The summed E-state index contributed by atoms with van der Waals surface area (Å²) < 4.78 is 0. The standard InChI is InChI=1S/C46H50/c1-11-13-17-25-35(3)37(5)27-23-29-39(7)41(9)45(43-31-19-15-20-32-43)46(44-33-21-16-22-34-44)42(10)40(8)30-24-28-38(6)36(4)26-18-14-12-2/h11-34H,1,4,6-7H2,2-3,5,8-10H3/b14-12-,17-13-,26-18-,28-24-,29-23-,35-25+,37-27+,40-30+,45-41+,46-42+. The Morgan fingerprint density at radius 2 is 0.913 bits per heavy atom. The average Bonchev–Trinajstić information content (AvgIpc) is 3.07. The highest BCUT2D eigenvalue weighted by atomic mass is 14.2. The van der Waals surface area contributed by atoms with Crippen LogP contribution in [-0.4, -0.2) is 0 Å². The van der Waals surface area contributed by atoms with Gasteiger partial charge in [0.05, 0.1) is 0 Å². The highest BCUT2D eigenvalue weighted by Crippen LogP contribution is 2.40. The molecule has 0 aliphatic heterocycles. The Bertz CT molecular complexity index is 1690. The van der Waals surface area contributed by atoms with Crippen molar-refractivity contribution in [1.29, 1.82) is 0 Å². The van der Waals surface area contributed by atoms with Gasteiger partial charge in [-0.25, -0.2) is 0 Å². The lowest BCUT2D eigenvalue weighted by Gasteiger charge is -2.21. The number of allylic oxidation sites excluding steroid dienone is 24. The smallest absolute Gasteiger partial charge is 0.00676 e. The molecule has 0 aliphatic rings. The molecule has 0 amide bonds. The molecular formula is C46H50. The molecule has 0 N–H and O–H groups in total. The Kier molecular flexibility index (Phi) is 16.0. The molecule has 0 fully saturated rings. The minimum Gasteiger partial charge on any atom is -0.0991 e. The summed E-state index contributed by atoms with van der Waals surface area (Å²) in [5.74, 6) is 0. The van der Waals surface area contributed by atoms with E-state index >= 15 is 0 Å². The summed E-state index contributed by atoms with van der Waals surface area (Å²) in [5, 5.41) is 0. The number of rotatable bonds is 15. The summed E-state index contributed by atoms with van der Waals surface area (Å²) in [4.78, 5) is 0. The van der Waals surface area contributed by atoms with Crippen molar-refractivity contribution in [2.24, 2.45) is 0 Å². The molecule has 0 aliphatic carbocycles. The van der Waals surface area contributed by atoms with E-state index in [4.69, 9.17) is 0 Å². The molecule has 0 radical (unpaired) electrons. The van der Waals surface area contributed by atoms with Crippen molar-refractivity contribution in [3.63, 3.8) is 0 Å². The van der Waals surface area contributed by atoms with Gasteiger partial charge in [0, 0.05) is 0 Å². The van der Waals surface area contributed by atoms with E-state index in [2.05, 4.69) is 158 Å². The van der Waals surface area contributed by atoms with Crippen LogP contribution in [0.2, 0.25) is 0 Å². The van der Waals surface area contributed by atoms with E-state index in [-0.39, 0.29) is 0 Å². The summed E-state index contributed by atoms with van der Waals surface area (Å²) in [6.45, 7) is 29.3. The number of hydrogen-bond acceptors (Lipinski definition) is 0. The highest BCUT2D eigenvalue weighted by Gasteiger charge is 2.18. The maximum atomic E-state index is 4.51. The van der Waals surface area contributed by atoms with Crippen LogP contribution in [0.4, 0.5) is 0 Å². The van der Waals surface area contributed by atoms with E-state index < -0.39 is 0 Å². The van der Waals surface area contributed by atoms with Crippen LogP contribution in [-0.2, 0) is 0 Å². The van der Waals surface area contributed by atoms with Crippen LogP contribution >= 0.6 is 0 Å². The maximum Gasteiger partial charge on any atom is -0.00676 e. The van der Waals surface area contributed by atoms with Gasteiger partial charge in [-0.3, -0.25) is 0 Å². The molecule has 0 bridgehead atoms. The lowest BCUT2D eigenvalue weighted by molar-refractivity contribution is 1.33.